The van der Waals surface area contributed by atoms with Gasteiger partial charge in [-0.1, -0.05) is 13.3 Å². The van der Waals surface area contributed by atoms with Crippen LogP contribution in [-0.4, -0.2) is 259 Å². The maximum atomic E-state index is 12.7. The molecule has 0 saturated carbocycles. The molecule has 0 rings (SSSR count). The van der Waals surface area contributed by atoms with Gasteiger partial charge in [-0.25, -0.2) is 0 Å². The molecular weight excluding hydrogens is 1000 g/mol. The summed E-state index contributed by atoms with van der Waals surface area (Å²) in [5.74, 6) is -18.3. The fraction of sp³-hybridized carbons (Fsp3) is 0.564. The van der Waals surface area contributed by atoms with Crippen molar-refractivity contribution in [3.63, 3.8) is 0 Å². The fourth-order valence-corrected chi connectivity index (χ4v) is 5.27. The highest BCUT2D eigenvalue weighted by Gasteiger charge is 2.25. The predicted molar refractivity (Wildman–Crippen MR) is 243 cm³/mol. The Hall–Kier alpha value is -9.05. The summed E-state index contributed by atoms with van der Waals surface area (Å²) in [5.41, 5.74) is 5.11. The number of amides is 13. The molecule has 0 aromatic heterocycles. The molecule has 74 heavy (non-hydrogen) atoms. The second-order valence-electron chi connectivity index (χ2n) is 15.0. The number of hydrogen-bond donors (Lipinski definition) is 14. The molecule has 412 valence electrons. The van der Waals surface area contributed by atoms with Crippen molar-refractivity contribution in [3.8, 4) is 0 Å². The number of nitrogens with zero attached hydrogens (tertiary/aromatic N) is 4. The van der Waals surface area contributed by atoms with Gasteiger partial charge in [-0.2, -0.15) is 0 Å². The van der Waals surface area contributed by atoms with E-state index in [-0.39, 0.29) is 19.5 Å². The van der Waals surface area contributed by atoms with Gasteiger partial charge in [0.1, 0.15) is 52.4 Å². The lowest BCUT2D eigenvalue weighted by molar-refractivity contribution is -0.146. The summed E-state index contributed by atoms with van der Waals surface area (Å²) in [5, 5.41) is 56.1. The second-order valence-corrected chi connectivity index (χ2v) is 15.0. The summed E-state index contributed by atoms with van der Waals surface area (Å²) in [6.45, 7) is -12.1. The molecule has 0 aromatic rings. The van der Waals surface area contributed by atoms with E-state index in [1.807, 2.05) is 6.92 Å². The van der Waals surface area contributed by atoms with Crippen LogP contribution in [0.4, 0.5) is 0 Å². The molecule has 13 amide bonds. The zero-order chi connectivity index (χ0) is 56.3. The van der Waals surface area contributed by atoms with Crippen LogP contribution in [0.2, 0.25) is 0 Å². The van der Waals surface area contributed by atoms with Crippen LogP contribution in [0.15, 0.2) is 0 Å². The lowest BCUT2D eigenvalue weighted by Gasteiger charge is -2.22. The molecular formula is C39H60N14O21. The summed E-state index contributed by atoms with van der Waals surface area (Å²) < 4.78 is 0. The molecule has 0 aliphatic carbocycles. The largest absolute Gasteiger partial charge is 0.480 e. The number of hydrogen-bond acceptors (Lipinski definition) is 18. The third kappa shape index (κ3) is 32.0. The highest BCUT2D eigenvalue weighted by molar-refractivity contribution is 5.96. The normalized spacial score (nSPS) is 10.1. The Morgan fingerprint density at radius 3 is 0.824 bits per heavy atom. The summed E-state index contributed by atoms with van der Waals surface area (Å²) in [7, 11) is 0. The molecule has 35 heteroatoms. The monoisotopic (exact) mass is 1060 g/mol. The third-order valence-corrected chi connectivity index (χ3v) is 8.85. The maximum Gasteiger partial charge on any atom is 0.323 e. The zero-order valence-electron chi connectivity index (χ0n) is 39.9. The van der Waals surface area contributed by atoms with E-state index in [2.05, 4.69) is 47.9 Å². The van der Waals surface area contributed by atoms with Crippen LogP contribution in [-0.2, 0) is 81.5 Å². The molecule has 0 atom stereocenters. The smallest absolute Gasteiger partial charge is 0.323 e. The van der Waals surface area contributed by atoms with E-state index in [0.717, 1.165) is 6.42 Å². The minimum absolute atomic E-state index is 0.179. The Labute approximate surface area is 419 Å². The molecule has 0 radical (unpaired) electrons. The second kappa shape index (κ2) is 36.0. The SMILES string of the molecule is CCCCC(=O)NCC(=O)NCC(=O)N(CC(=O)O)CC(=O)NCC(=O)NCC(=O)N(CC(=O)O)CC(=O)NCCNC(=O)CN(CC(=O)O)C(=O)CNC(=O)CNC(=O)CN(CC(=O)O)C(=O)CNC(=O)CN. The number of aliphatic carboxylic acids is 4. The van der Waals surface area contributed by atoms with Crippen molar-refractivity contribution >= 4 is 101 Å². The number of nitrogens with one attached hydrogen (secondary N) is 9. The number of unbranched alkanes of at least 4 members (excludes halogenated alkanes) is 1. The van der Waals surface area contributed by atoms with Gasteiger partial charge in [0.2, 0.25) is 76.8 Å². The average Bonchev–Trinajstić information content (AvgIpc) is 3.32. The third-order valence-electron chi connectivity index (χ3n) is 8.85. The van der Waals surface area contributed by atoms with Gasteiger partial charge >= 0.3 is 23.9 Å². The Bertz CT molecular complexity index is 2100. The van der Waals surface area contributed by atoms with Gasteiger partial charge in [-0.05, 0) is 6.42 Å². The van der Waals surface area contributed by atoms with E-state index in [4.69, 9.17) is 15.9 Å². The molecule has 0 spiro atoms. The summed E-state index contributed by atoms with van der Waals surface area (Å²) in [4.78, 5) is 207. The Kier molecular flexibility index (Phi) is 31.6. The van der Waals surface area contributed by atoms with Gasteiger partial charge in [-0.3, -0.25) is 81.5 Å². The molecule has 0 fully saturated rings. The van der Waals surface area contributed by atoms with Gasteiger partial charge in [0.05, 0.1) is 52.4 Å². The Morgan fingerprint density at radius 1 is 0.324 bits per heavy atom. The minimum atomic E-state index is -1.57. The standard InChI is InChI=1S/C39H60N14O21/c1-2-3-4-23(54)43-8-25(56)47-14-35(66)53(22-39(73)74)18-31(62)45-10-27(58)49-13-34(65)51(20-37(69)70)16-29(60)42-6-5-41-28(59)15-50(19-36(67)68)33(64)12-48-26(57)9-44-30(61)17-52(21-38(71)72)32(63)11-46-24(55)7-40/h2-22,40H2,1H3,(H,41,59)(H,42,60)(H,43,54)(H,44,61)(H,45,62)(H,46,55)(H,47,56)(H,48,57)(H,49,58)(H,67,68)(H,69,70)(H,71,72)(H,73,74). The number of carbonyl (C=O) groups is 17. The van der Waals surface area contributed by atoms with Crippen LogP contribution in [0.5, 0.6) is 0 Å². The van der Waals surface area contributed by atoms with Crippen LogP contribution in [0, 0.1) is 0 Å². The van der Waals surface area contributed by atoms with E-state index in [1.165, 1.54) is 0 Å². The molecule has 0 bridgehead atoms. The van der Waals surface area contributed by atoms with E-state index < -0.39 is 205 Å². The van der Waals surface area contributed by atoms with Crippen molar-refractivity contribution in [1.29, 1.82) is 0 Å². The van der Waals surface area contributed by atoms with Crippen molar-refractivity contribution in [2.45, 2.75) is 26.2 Å². The number of nitrogens with two attached hydrogens (primary N) is 1. The first-order chi connectivity index (χ1) is 34.8. The molecule has 0 aromatic carbocycles. The van der Waals surface area contributed by atoms with Gasteiger partial charge in [0.25, 0.3) is 0 Å². The number of carbonyl (C=O) groups excluding carboxylic acids is 13. The van der Waals surface area contributed by atoms with Crippen molar-refractivity contribution in [3.05, 3.63) is 0 Å². The van der Waals surface area contributed by atoms with Crippen molar-refractivity contribution in [2.75, 3.05) is 118 Å². The molecule has 35 nitrogen and oxygen atoms in total. The summed E-state index contributed by atoms with van der Waals surface area (Å²) in [6, 6.07) is 0. The quantitative estimate of drug-likeness (QED) is 0.0257. The number of carboxylic acid groups (broad SMARTS) is 4. The topological polar surface area (TPSA) is 518 Å². The molecule has 0 heterocycles. The predicted octanol–water partition coefficient (Wildman–Crippen LogP) is -11.2. The van der Waals surface area contributed by atoms with Gasteiger partial charge in [0.15, 0.2) is 0 Å². The van der Waals surface area contributed by atoms with Crippen LogP contribution in [0.1, 0.15) is 26.2 Å². The zero-order valence-corrected chi connectivity index (χ0v) is 39.9. The lowest BCUT2D eigenvalue weighted by atomic mass is 10.2. The first-order valence-corrected chi connectivity index (χ1v) is 21.8. The van der Waals surface area contributed by atoms with Crippen molar-refractivity contribution in [1.82, 2.24) is 67.5 Å². The molecule has 0 aliphatic rings. The van der Waals surface area contributed by atoms with Gasteiger partial charge in [-0.15, -0.1) is 0 Å². The average molecular weight is 1060 g/mol. The number of rotatable bonds is 37. The Balaban J connectivity index is 5.00. The highest BCUT2D eigenvalue weighted by Crippen LogP contribution is 1.96. The van der Waals surface area contributed by atoms with Crippen molar-refractivity contribution < 1.29 is 102 Å². The minimum Gasteiger partial charge on any atom is -0.480 e. The summed E-state index contributed by atoms with van der Waals surface area (Å²) in [6.07, 6.45) is 1.51. The number of carboxylic acids is 4. The van der Waals surface area contributed by atoms with E-state index in [9.17, 15) is 91.7 Å². The highest BCUT2D eigenvalue weighted by atomic mass is 16.4. The Morgan fingerprint density at radius 2 is 0.568 bits per heavy atom. The first-order valence-electron chi connectivity index (χ1n) is 21.8. The van der Waals surface area contributed by atoms with Gasteiger partial charge < -0.3 is 93.6 Å². The summed E-state index contributed by atoms with van der Waals surface area (Å²) >= 11 is 0. The van der Waals surface area contributed by atoms with E-state index in [0.29, 0.717) is 26.0 Å². The fourth-order valence-electron chi connectivity index (χ4n) is 5.27. The molecule has 0 saturated heterocycles. The molecule has 15 N–H and O–H groups in total. The van der Waals surface area contributed by atoms with Crippen LogP contribution in [0.3, 0.4) is 0 Å². The lowest BCUT2D eigenvalue weighted by Crippen LogP contribution is -2.50. The van der Waals surface area contributed by atoms with Gasteiger partial charge in [0, 0.05) is 19.5 Å². The van der Waals surface area contributed by atoms with Crippen LogP contribution < -0.4 is 53.6 Å². The van der Waals surface area contributed by atoms with E-state index in [1.54, 1.807) is 0 Å². The molecule has 0 unspecified atom stereocenters. The molecule has 0 aliphatic heterocycles. The van der Waals surface area contributed by atoms with Crippen LogP contribution >= 0.6 is 0 Å². The van der Waals surface area contributed by atoms with E-state index >= 15 is 0 Å². The maximum absolute atomic E-state index is 12.7. The van der Waals surface area contributed by atoms with Crippen molar-refractivity contribution in [2.24, 2.45) is 5.73 Å². The first kappa shape index (κ1) is 65.0. The van der Waals surface area contributed by atoms with Crippen LogP contribution in [0.25, 0.3) is 0 Å².